The van der Waals surface area contributed by atoms with Crippen LogP contribution in [0.1, 0.15) is 31.1 Å². The van der Waals surface area contributed by atoms with Crippen molar-refractivity contribution >= 4 is 0 Å². The van der Waals surface area contributed by atoms with Gasteiger partial charge in [-0.25, -0.2) is 5.11 Å². The number of nitrogens with one attached hydrogen (secondary N) is 1. The molecule has 1 aromatic heterocycles. The van der Waals surface area contributed by atoms with Gasteiger partial charge in [-0.1, -0.05) is 6.42 Å². The highest BCUT2D eigenvalue weighted by Gasteiger charge is 2.28. The van der Waals surface area contributed by atoms with Crippen LogP contribution < -0.4 is 0 Å². The van der Waals surface area contributed by atoms with E-state index >= 15 is 0 Å². The molecule has 1 unspecified atom stereocenters. The summed E-state index contributed by atoms with van der Waals surface area (Å²) in [6.07, 6.45) is 4.47. The van der Waals surface area contributed by atoms with E-state index in [9.17, 15) is 5.11 Å². The van der Waals surface area contributed by atoms with Crippen molar-refractivity contribution in [3.8, 4) is 0 Å². The molecule has 1 atom stereocenters. The first-order chi connectivity index (χ1) is 5.38. The van der Waals surface area contributed by atoms with Gasteiger partial charge >= 0.3 is 0 Å². The number of nitrogens with zero attached hydrogens (tertiary/aromatic N) is 1. The minimum absolute atomic E-state index is 0.357. The molecule has 1 heterocycles. The molecule has 2 rings (SSSR count). The Morgan fingerprint density at radius 2 is 2.45 bits per heavy atom. The van der Waals surface area contributed by atoms with Crippen molar-refractivity contribution in [1.29, 1.82) is 0 Å². The highest BCUT2D eigenvalue weighted by molar-refractivity contribution is 5.04. The highest BCUT2D eigenvalue weighted by atomic mass is 16.3. The molecule has 3 nitrogen and oxygen atoms in total. The van der Waals surface area contributed by atoms with Gasteiger partial charge in [-0.05, 0) is 24.8 Å². The zero-order chi connectivity index (χ0) is 7.68. The maximum atomic E-state index is 11.5. The van der Waals surface area contributed by atoms with E-state index < -0.39 is 6.10 Å². The van der Waals surface area contributed by atoms with Crippen molar-refractivity contribution in [2.24, 2.45) is 5.92 Å². The fraction of sp³-hybridized carbons (Fsp3) is 0.625. The fourth-order valence-corrected chi connectivity index (χ4v) is 1.42. The lowest BCUT2D eigenvalue weighted by Gasteiger charge is -2.27. The van der Waals surface area contributed by atoms with E-state index in [1.54, 1.807) is 12.3 Å². The summed E-state index contributed by atoms with van der Waals surface area (Å²) in [5.41, 5.74) is 0.745. The first-order valence-corrected chi connectivity index (χ1v) is 4.03. The molecule has 1 N–H and O–H groups in total. The molecule has 3 heteroatoms. The Balaban J connectivity index is 2.04. The standard InChI is InChI=1S/C8H11N2O/c11-8(6-2-1-3-6)7-4-5-9-10-7/h4-6,8H,1-3H2,(H,9,10). The van der Waals surface area contributed by atoms with Crippen LogP contribution in [0.4, 0.5) is 0 Å². The third-order valence-corrected chi connectivity index (χ3v) is 2.41. The lowest BCUT2D eigenvalue weighted by atomic mass is 9.80. The van der Waals surface area contributed by atoms with E-state index in [-0.39, 0.29) is 0 Å². The Hall–Kier alpha value is -0.830. The second kappa shape index (κ2) is 2.66. The summed E-state index contributed by atoms with van der Waals surface area (Å²) < 4.78 is 0. The van der Waals surface area contributed by atoms with E-state index in [0.717, 1.165) is 18.5 Å². The summed E-state index contributed by atoms with van der Waals surface area (Å²) in [4.78, 5) is 0. The quantitative estimate of drug-likeness (QED) is 0.686. The molecule has 1 aromatic rings. The van der Waals surface area contributed by atoms with E-state index in [4.69, 9.17) is 0 Å². The van der Waals surface area contributed by atoms with E-state index in [0.29, 0.717) is 5.92 Å². The number of aromatic amines is 1. The van der Waals surface area contributed by atoms with Crippen LogP contribution in [0, 0.1) is 5.92 Å². The summed E-state index contributed by atoms with van der Waals surface area (Å²) >= 11 is 0. The third-order valence-electron chi connectivity index (χ3n) is 2.41. The first-order valence-electron chi connectivity index (χ1n) is 4.03. The summed E-state index contributed by atoms with van der Waals surface area (Å²) in [5.74, 6) is 0.357. The van der Waals surface area contributed by atoms with Gasteiger partial charge in [0.25, 0.3) is 0 Å². The van der Waals surface area contributed by atoms with Gasteiger partial charge in [-0.2, -0.15) is 5.10 Å². The number of hydrogen-bond acceptors (Lipinski definition) is 1. The number of rotatable bonds is 2. The largest absolute Gasteiger partial charge is 0.280 e. The Morgan fingerprint density at radius 3 is 2.91 bits per heavy atom. The number of aromatic nitrogens is 2. The van der Waals surface area contributed by atoms with Crippen LogP contribution in [0.2, 0.25) is 0 Å². The summed E-state index contributed by atoms with van der Waals surface area (Å²) in [6.45, 7) is 0. The zero-order valence-electron chi connectivity index (χ0n) is 6.29. The fourth-order valence-electron chi connectivity index (χ4n) is 1.42. The Kier molecular flexibility index (Phi) is 1.66. The van der Waals surface area contributed by atoms with E-state index in [1.807, 2.05) is 0 Å². The normalized spacial score (nSPS) is 21.2. The van der Waals surface area contributed by atoms with Crippen molar-refractivity contribution in [3.05, 3.63) is 18.0 Å². The Labute approximate surface area is 65.4 Å². The molecular formula is C8H11N2O. The van der Waals surface area contributed by atoms with Gasteiger partial charge < -0.3 is 0 Å². The van der Waals surface area contributed by atoms with Gasteiger partial charge in [0.1, 0.15) is 6.10 Å². The molecule has 1 aliphatic carbocycles. The minimum atomic E-state index is -0.564. The molecule has 59 valence electrons. The lowest BCUT2D eigenvalue weighted by molar-refractivity contribution is -0.000706. The Morgan fingerprint density at radius 1 is 1.64 bits per heavy atom. The molecular weight excluding hydrogens is 140 g/mol. The highest BCUT2D eigenvalue weighted by Crippen LogP contribution is 2.36. The average Bonchev–Trinajstić information content (AvgIpc) is 2.32. The SMILES string of the molecule is [O]C(c1ccn[nH]1)C1CCC1. The molecule has 11 heavy (non-hydrogen) atoms. The smallest absolute Gasteiger partial charge is 0.137 e. The molecule has 0 bridgehead atoms. The first kappa shape index (κ1) is 6.85. The molecule has 0 amide bonds. The molecule has 0 saturated heterocycles. The Bertz CT molecular complexity index is 216. The van der Waals surface area contributed by atoms with Crippen LogP contribution in [0.3, 0.4) is 0 Å². The van der Waals surface area contributed by atoms with Crippen molar-refractivity contribution in [2.75, 3.05) is 0 Å². The van der Waals surface area contributed by atoms with Crippen molar-refractivity contribution in [3.63, 3.8) is 0 Å². The number of hydrogen-bond donors (Lipinski definition) is 1. The van der Waals surface area contributed by atoms with Gasteiger partial charge in [0.05, 0.1) is 5.69 Å². The third kappa shape index (κ3) is 1.16. The maximum Gasteiger partial charge on any atom is 0.137 e. The second-order valence-electron chi connectivity index (χ2n) is 3.12. The van der Waals surface area contributed by atoms with Gasteiger partial charge in [0.15, 0.2) is 0 Å². The molecule has 0 spiro atoms. The molecule has 0 aromatic carbocycles. The van der Waals surface area contributed by atoms with Crippen LogP contribution in [-0.4, -0.2) is 10.2 Å². The predicted molar refractivity (Wildman–Crippen MR) is 39.4 cm³/mol. The van der Waals surface area contributed by atoms with Crippen LogP contribution in [0.25, 0.3) is 0 Å². The van der Waals surface area contributed by atoms with Gasteiger partial charge in [0.2, 0.25) is 0 Å². The summed E-state index contributed by atoms with van der Waals surface area (Å²) in [5, 5.41) is 18.0. The monoisotopic (exact) mass is 151 g/mol. The summed E-state index contributed by atoms with van der Waals surface area (Å²) in [6, 6.07) is 1.77. The maximum absolute atomic E-state index is 11.5. The number of H-pyrrole nitrogens is 1. The van der Waals surface area contributed by atoms with E-state index in [1.165, 1.54) is 6.42 Å². The lowest BCUT2D eigenvalue weighted by Crippen LogP contribution is -2.19. The molecule has 1 fully saturated rings. The molecule has 0 aliphatic heterocycles. The van der Waals surface area contributed by atoms with Gasteiger partial charge in [-0.15, -0.1) is 0 Å². The van der Waals surface area contributed by atoms with Crippen molar-refractivity contribution in [2.45, 2.75) is 25.4 Å². The van der Waals surface area contributed by atoms with Gasteiger partial charge in [-0.3, -0.25) is 5.10 Å². The zero-order valence-corrected chi connectivity index (χ0v) is 6.29. The summed E-state index contributed by atoms with van der Waals surface area (Å²) in [7, 11) is 0. The predicted octanol–water partition coefficient (Wildman–Crippen LogP) is 1.68. The second-order valence-corrected chi connectivity index (χ2v) is 3.12. The van der Waals surface area contributed by atoms with Gasteiger partial charge in [0, 0.05) is 6.20 Å². The molecule has 1 saturated carbocycles. The van der Waals surface area contributed by atoms with E-state index in [2.05, 4.69) is 10.2 Å². The minimum Gasteiger partial charge on any atom is -0.280 e. The average molecular weight is 151 g/mol. The van der Waals surface area contributed by atoms with Crippen LogP contribution in [-0.2, 0) is 5.11 Å². The molecule has 1 aliphatic rings. The van der Waals surface area contributed by atoms with Crippen LogP contribution >= 0.6 is 0 Å². The molecule has 1 radical (unpaired) electrons. The van der Waals surface area contributed by atoms with Crippen LogP contribution in [0.15, 0.2) is 12.3 Å². The van der Waals surface area contributed by atoms with Crippen LogP contribution in [0.5, 0.6) is 0 Å². The van der Waals surface area contributed by atoms with Crippen molar-refractivity contribution < 1.29 is 5.11 Å². The van der Waals surface area contributed by atoms with Crippen molar-refractivity contribution in [1.82, 2.24) is 10.2 Å². The topological polar surface area (TPSA) is 48.6 Å².